The largest absolute Gasteiger partial charge is 0.481 e. The molecule has 0 aliphatic carbocycles. The van der Waals surface area contributed by atoms with Crippen molar-refractivity contribution in [2.24, 2.45) is 5.73 Å². The van der Waals surface area contributed by atoms with E-state index < -0.39 is 23.3 Å². The van der Waals surface area contributed by atoms with E-state index in [1.807, 2.05) is 0 Å². The van der Waals surface area contributed by atoms with Crippen LogP contribution in [0.5, 0.6) is 0 Å². The van der Waals surface area contributed by atoms with Crippen LogP contribution in [0.25, 0.3) is 0 Å². The van der Waals surface area contributed by atoms with Crippen molar-refractivity contribution in [2.75, 3.05) is 0 Å². The molecule has 0 fully saturated rings. The summed E-state index contributed by atoms with van der Waals surface area (Å²) in [7, 11) is 0. The van der Waals surface area contributed by atoms with E-state index in [0.29, 0.717) is 5.56 Å². The minimum Gasteiger partial charge on any atom is -0.481 e. The average molecular weight is 280 g/mol. The van der Waals surface area contributed by atoms with E-state index in [-0.39, 0.29) is 25.7 Å². The number of aliphatic carboxylic acids is 2. The van der Waals surface area contributed by atoms with Crippen LogP contribution in [0, 0.1) is 0 Å². The van der Waals surface area contributed by atoms with Crippen molar-refractivity contribution in [3.63, 3.8) is 0 Å². The fourth-order valence-corrected chi connectivity index (χ4v) is 2.11. The molecule has 0 radical (unpaired) electrons. The number of carbonyl (C=O) groups excluding carboxylic acids is 1. The summed E-state index contributed by atoms with van der Waals surface area (Å²) in [4.78, 5) is 37.2. The summed E-state index contributed by atoms with van der Waals surface area (Å²) in [6.07, 6.45) is 2.27. The molecule has 0 aromatic carbocycles. The Morgan fingerprint density at radius 2 is 1.50 bits per heavy atom. The zero-order valence-electron chi connectivity index (χ0n) is 10.8. The molecule has 7 heteroatoms. The van der Waals surface area contributed by atoms with Crippen LogP contribution in [-0.4, -0.2) is 33.0 Å². The zero-order chi connectivity index (χ0) is 15.2. The maximum atomic E-state index is 11.9. The summed E-state index contributed by atoms with van der Waals surface area (Å²) < 4.78 is 0. The van der Waals surface area contributed by atoms with Crippen LogP contribution >= 0.6 is 0 Å². The highest BCUT2D eigenvalue weighted by atomic mass is 16.4. The molecule has 0 atom stereocenters. The molecule has 1 amide bonds. The number of amides is 1. The molecule has 7 nitrogen and oxygen atoms in total. The topological polar surface area (TPSA) is 131 Å². The molecule has 1 aromatic rings. The number of carboxylic acids is 2. The Balaban J connectivity index is 3.15. The summed E-state index contributed by atoms with van der Waals surface area (Å²) >= 11 is 0. The van der Waals surface area contributed by atoms with Gasteiger partial charge in [0.05, 0.1) is 5.41 Å². The number of pyridine rings is 1. The highest BCUT2D eigenvalue weighted by Crippen LogP contribution is 2.34. The van der Waals surface area contributed by atoms with Crippen LogP contribution in [0.1, 0.15) is 31.2 Å². The molecule has 0 unspecified atom stereocenters. The molecule has 0 spiro atoms. The highest BCUT2D eigenvalue weighted by Gasteiger charge is 2.39. The second kappa shape index (κ2) is 6.65. The number of rotatable bonds is 8. The predicted molar refractivity (Wildman–Crippen MR) is 68.8 cm³/mol. The third kappa shape index (κ3) is 3.78. The maximum absolute atomic E-state index is 11.9. The molecule has 1 rings (SSSR count). The number of hydrogen-bond donors (Lipinski definition) is 3. The number of primary amides is 1. The van der Waals surface area contributed by atoms with Gasteiger partial charge in [0, 0.05) is 25.2 Å². The van der Waals surface area contributed by atoms with Gasteiger partial charge in [0.25, 0.3) is 0 Å². The lowest BCUT2D eigenvalue weighted by molar-refractivity contribution is -0.137. The summed E-state index contributed by atoms with van der Waals surface area (Å²) in [6, 6.07) is 3.10. The first-order valence-corrected chi connectivity index (χ1v) is 6.02. The van der Waals surface area contributed by atoms with Gasteiger partial charge in [-0.1, -0.05) is 0 Å². The van der Waals surface area contributed by atoms with Crippen molar-refractivity contribution < 1.29 is 24.6 Å². The molecule has 108 valence electrons. The second-order valence-corrected chi connectivity index (χ2v) is 4.47. The lowest BCUT2D eigenvalue weighted by atomic mass is 9.73. The van der Waals surface area contributed by atoms with Crippen LogP contribution in [-0.2, 0) is 19.8 Å². The summed E-state index contributed by atoms with van der Waals surface area (Å²) in [5.41, 5.74) is 4.61. The second-order valence-electron chi connectivity index (χ2n) is 4.47. The summed E-state index contributed by atoms with van der Waals surface area (Å²) in [6.45, 7) is 0. The monoisotopic (exact) mass is 280 g/mol. The van der Waals surface area contributed by atoms with Crippen molar-refractivity contribution in [1.29, 1.82) is 0 Å². The van der Waals surface area contributed by atoms with Crippen molar-refractivity contribution in [3.05, 3.63) is 30.1 Å². The first-order valence-electron chi connectivity index (χ1n) is 6.02. The Hall–Kier alpha value is -2.44. The molecule has 1 aromatic heterocycles. The van der Waals surface area contributed by atoms with Crippen LogP contribution < -0.4 is 5.73 Å². The summed E-state index contributed by atoms with van der Waals surface area (Å²) in [5, 5.41) is 17.6. The van der Waals surface area contributed by atoms with Gasteiger partial charge < -0.3 is 15.9 Å². The van der Waals surface area contributed by atoms with Gasteiger partial charge in [0.2, 0.25) is 5.91 Å². The van der Waals surface area contributed by atoms with E-state index in [1.54, 1.807) is 12.1 Å². The fourth-order valence-electron chi connectivity index (χ4n) is 2.11. The first-order chi connectivity index (χ1) is 9.38. The quantitative estimate of drug-likeness (QED) is 0.636. The van der Waals surface area contributed by atoms with E-state index in [0.717, 1.165) is 0 Å². The third-order valence-electron chi connectivity index (χ3n) is 3.24. The van der Waals surface area contributed by atoms with Crippen LogP contribution in [0.2, 0.25) is 0 Å². The molecule has 20 heavy (non-hydrogen) atoms. The Bertz CT molecular complexity index is 483. The fraction of sp³-hybridized carbons (Fsp3) is 0.385. The number of nitrogens with two attached hydrogens (primary N) is 1. The SMILES string of the molecule is NC(=O)C(CCC(=O)O)(CCC(=O)O)c1ccncc1. The van der Waals surface area contributed by atoms with Gasteiger partial charge in [-0.15, -0.1) is 0 Å². The van der Waals surface area contributed by atoms with Gasteiger partial charge in [-0.25, -0.2) is 0 Å². The normalized spacial score (nSPS) is 11.0. The number of nitrogens with zero attached hydrogens (tertiary/aromatic N) is 1. The van der Waals surface area contributed by atoms with E-state index in [2.05, 4.69) is 4.98 Å². The number of carboxylic acid groups (broad SMARTS) is 2. The Morgan fingerprint density at radius 3 is 1.85 bits per heavy atom. The van der Waals surface area contributed by atoms with Gasteiger partial charge in [-0.3, -0.25) is 19.4 Å². The van der Waals surface area contributed by atoms with Crippen molar-refractivity contribution in [3.8, 4) is 0 Å². The van der Waals surface area contributed by atoms with E-state index in [1.165, 1.54) is 12.4 Å². The molecule has 0 saturated carbocycles. The van der Waals surface area contributed by atoms with Crippen molar-refractivity contribution in [1.82, 2.24) is 4.98 Å². The van der Waals surface area contributed by atoms with Gasteiger partial charge in [-0.2, -0.15) is 0 Å². The standard InChI is InChI=1S/C13H16N2O5/c14-12(20)13(5-1-10(16)17,6-2-11(18)19)9-3-7-15-8-4-9/h3-4,7-8H,1-2,5-6H2,(H2,14,20)(H,16,17)(H,18,19). The third-order valence-corrected chi connectivity index (χ3v) is 3.24. The van der Waals surface area contributed by atoms with E-state index in [9.17, 15) is 14.4 Å². The molecule has 0 bridgehead atoms. The van der Waals surface area contributed by atoms with Gasteiger partial charge in [-0.05, 0) is 30.5 Å². The molecular formula is C13H16N2O5. The Labute approximate surface area is 115 Å². The van der Waals surface area contributed by atoms with Gasteiger partial charge in [0.1, 0.15) is 0 Å². The van der Waals surface area contributed by atoms with Crippen LogP contribution in [0.15, 0.2) is 24.5 Å². The lowest BCUT2D eigenvalue weighted by Gasteiger charge is -2.30. The maximum Gasteiger partial charge on any atom is 0.303 e. The highest BCUT2D eigenvalue weighted by molar-refractivity contribution is 5.87. The lowest BCUT2D eigenvalue weighted by Crippen LogP contribution is -2.42. The predicted octanol–water partition coefficient (Wildman–Crippen LogP) is 0.534. The molecule has 1 heterocycles. The molecular weight excluding hydrogens is 264 g/mol. The Kier molecular flexibility index (Phi) is 5.19. The first kappa shape index (κ1) is 15.6. The number of aromatic nitrogens is 1. The molecule has 0 saturated heterocycles. The molecule has 0 aliphatic rings. The van der Waals surface area contributed by atoms with Crippen LogP contribution in [0.3, 0.4) is 0 Å². The van der Waals surface area contributed by atoms with Crippen LogP contribution in [0.4, 0.5) is 0 Å². The summed E-state index contributed by atoms with van der Waals surface area (Å²) in [5.74, 6) is -2.87. The molecule has 0 aliphatic heterocycles. The average Bonchev–Trinajstić information content (AvgIpc) is 2.39. The Morgan fingerprint density at radius 1 is 1.05 bits per heavy atom. The van der Waals surface area contributed by atoms with Crippen molar-refractivity contribution >= 4 is 17.8 Å². The van der Waals surface area contributed by atoms with E-state index >= 15 is 0 Å². The van der Waals surface area contributed by atoms with Gasteiger partial charge >= 0.3 is 11.9 Å². The number of hydrogen-bond acceptors (Lipinski definition) is 4. The molecule has 4 N–H and O–H groups in total. The zero-order valence-corrected chi connectivity index (χ0v) is 10.8. The minimum atomic E-state index is -1.31. The minimum absolute atomic E-state index is 0.0467. The smallest absolute Gasteiger partial charge is 0.303 e. The van der Waals surface area contributed by atoms with Gasteiger partial charge in [0.15, 0.2) is 0 Å². The van der Waals surface area contributed by atoms with E-state index in [4.69, 9.17) is 15.9 Å². The van der Waals surface area contributed by atoms with Crippen molar-refractivity contribution in [2.45, 2.75) is 31.1 Å². The number of carbonyl (C=O) groups is 3.